The molecule has 0 saturated carbocycles. The fourth-order valence-corrected chi connectivity index (χ4v) is 8.22. The normalized spacial score (nSPS) is 28.8. The van der Waals surface area contributed by atoms with Gasteiger partial charge in [0.05, 0.1) is 18.1 Å². The van der Waals surface area contributed by atoms with E-state index in [1.807, 2.05) is 18.2 Å². The number of carboxylic acid groups (broad SMARTS) is 1. The second kappa shape index (κ2) is 10.8. The molecule has 3 atom stereocenters. The largest absolute Gasteiger partial charge is 1.00 e. The van der Waals surface area contributed by atoms with Gasteiger partial charge in [0.15, 0.2) is 11.6 Å². The summed E-state index contributed by atoms with van der Waals surface area (Å²) >= 11 is 0. The van der Waals surface area contributed by atoms with Crippen LogP contribution in [0.1, 0.15) is 47.3 Å². The maximum absolute atomic E-state index is 13.5. The van der Waals surface area contributed by atoms with E-state index in [0.29, 0.717) is 35.2 Å². The number of amides is 1. The van der Waals surface area contributed by atoms with Crippen molar-refractivity contribution in [3.05, 3.63) is 64.3 Å². The number of benzene rings is 2. The number of hydrogen-bond donors (Lipinski definition) is 2. The van der Waals surface area contributed by atoms with Gasteiger partial charge in [-0.05, 0) is 53.8 Å². The molecule has 228 valence electrons. The molecule has 11 heteroatoms. The number of rotatable bonds is 7. The van der Waals surface area contributed by atoms with Crippen LogP contribution in [0.4, 0.5) is 0 Å². The molecule has 2 N–H and O–H groups in total. The first-order chi connectivity index (χ1) is 19.5. The highest BCUT2D eigenvalue weighted by Crippen LogP contribution is 2.48. The van der Waals surface area contributed by atoms with Gasteiger partial charge in [-0.15, -0.1) is 0 Å². The van der Waals surface area contributed by atoms with Crippen LogP contribution in [0, 0.1) is 5.92 Å². The lowest BCUT2D eigenvalue weighted by Crippen LogP contribution is -3.00. The second-order valence-corrected chi connectivity index (χ2v) is 12.9. The highest BCUT2D eigenvalue weighted by molar-refractivity contribution is 6.22. The Labute approximate surface area is 262 Å². The summed E-state index contributed by atoms with van der Waals surface area (Å²) < 4.78 is 1.92. The lowest BCUT2D eigenvalue weighted by molar-refractivity contribution is -1.08. The van der Waals surface area contributed by atoms with E-state index in [2.05, 4.69) is 6.07 Å². The molecular formula is C32H35Cl2N3O6. The summed E-state index contributed by atoms with van der Waals surface area (Å²) in [5, 5.41) is 20.1. The molecule has 4 fully saturated rings. The molecule has 8 rings (SSSR count). The van der Waals surface area contributed by atoms with Crippen molar-refractivity contribution in [2.75, 3.05) is 45.8 Å². The number of ketones is 2. The first-order valence-corrected chi connectivity index (χ1v) is 14.5. The first-order valence-electron chi connectivity index (χ1n) is 14.5. The average molecular weight is 629 g/mol. The number of aliphatic hydroxyl groups excluding tert-OH is 1. The van der Waals surface area contributed by atoms with Gasteiger partial charge in [-0.2, -0.15) is 0 Å². The minimum absolute atomic E-state index is 0. The van der Waals surface area contributed by atoms with E-state index in [1.54, 1.807) is 26.0 Å². The van der Waals surface area contributed by atoms with Gasteiger partial charge in [-0.1, -0.05) is 18.2 Å². The van der Waals surface area contributed by atoms with Crippen LogP contribution < -0.4 is 24.8 Å². The van der Waals surface area contributed by atoms with Gasteiger partial charge in [0, 0.05) is 23.6 Å². The molecule has 2 aromatic rings. The predicted molar refractivity (Wildman–Crippen MR) is 149 cm³/mol. The van der Waals surface area contributed by atoms with Crippen LogP contribution in [0.5, 0.6) is 0 Å². The van der Waals surface area contributed by atoms with Crippen LogP contribution in [-0.2, 0) is 20.9 Å². The van der Waals surface area contributed by atoms with E-state index in [-0.39, 0.29) is 54.0 Å². The molecule has 0 radical (unpaired) electrons. The maximum atomic E-state index is 13.5. The molecule has 1 aliphatic carbocycles. The lowest BCUT2D eigenvalue weighted by atomic mass is 9.82. The maximum Gasteiger partial charge on any atom is 0.352 e. The van der Waals surface area contributed by atoms with E-state index in [4.69, 9.17) is 0 Å². The van der Waals surface area contributed by atoms with Gasteiger partial charge in [-0.25, -0.2) is 4.79 Å². The number of carboxylic acids is 1. The third-order valence-electron chi connectivity index (χ3n) is 10.4. The molecule has 9 nitrogen and oxygen atoms in total. The van der Waals surface area contributed by atoms with E-state index >= 15 is 0 Å². The predicted octanol–water partition coefficient (Wildman–Crippen LogP) is -3.94. The molecule has 6 aliphatic rings. The van der Waals surface area contributed by atoms with Crippen LogP contribution in [0.15, 0.2) is 42.1 Å². The zero-order valence-corrected chi connectivity index (χ0v) is 25.7. The van der Waals surface area contributed by atoms with Crippen LogP contribution in [0.3, 0.4) is 0 Å². The summed E-state index contributed by atoms with van der Waals surface area (Å²) in [7, 11) is 0. The van der Waals surface area contributed by atoms with Crippen LogP contribution >= 0.6 is 0 Å². The minimum Gasteiger partial charge on any atom is -1.00 e. The summed E-state index contributed by atoms with van der Waals surface area (Å²) in [6.07, 6.45) is -0.493. The third kappa shape index (κ3) is 4.73. The van der Waals surface area contributed by atoms with Gasteiger partial charge in [0.2, 0.25) is 5.91 Å². The Kier molecular flexibility index (Phi) is 7.89. The van der Waals surface area contributed by atoms with Gasteiger partial charge < -0.3 is 48.9 Å². The van der Waals surface area contributed by atoms with Crippen molar-refractivity contribution in [2.24, 2.45) is 5.92 Å². The Morgan fingerprint density at radius 3 is 2.14 bits per heavy atom. The Bertz CT molecular complexity index is 1580. The number of fused-ring (bicyclic) bond motifs is 7. The topological polar surface area (TPSA) is 112 Å². The summed E-state index contributed by atoms with van der Waals surface area (Å²) in [6.45, 7) is 10.9. The molecule has 0 unspecified atom stereocenters. The molecule has 4 saturated heterocycles. The molecule has 43 heavy (non-hydrogen) atoms. The summed E-state index contributed by atoms with van der Waals surface area (Å²) in [5.74, 6) is -1.89. The number of aliphatic hydroxyl groups is 1. The molecule has 1 amide bonds. The smallest absolute Gasteiger partial charge is 0.352 e. The van der Waals surface area contributed by atoms with Crippen molar-refractivity contribution in [3.8, 4) is 11.1 Å². The third-order valence-corrected chi connectivity index (χ3v) is 10.4. The summed E-state index contributed by atoms with van der Waals surface area (Å²) in [4.78, 5) is 51.5. The molecule has 0 aromatic heterocycles. The van der Waals surface area contributed by atoms with E-state index < -0.39 is 18.0 Å². The van der Waals surface area contributed by atoms with Crippen molar-refractivity contribution in [1.82, 2.24) is 4.90 Å². The van der Waals surface area contributed by atoms with Crippen LogP contribution in [0.2, 0.25) is 0 Å². The number of hydrogen-bond acceptors (Lipinski definition) is 5. The summed E-state index contributed by atoms with van der Waals surface area (Å²) in [5.41, 5.74) is 5.27. The Morgan fingerprint density at radius 1 is 0.907 bits per heavy atom. The molecule has 2 bridgehead atoms. The standard InChI is InChI=1S/C32H34N3O6.2ClH/c1-18(36)16-34-7-10-35(11-8-34,12-9-34)17-20-3-5-22-25-14-21(4-6-23(25)30(38)26(22)13-20)24-15-27-28(19(2)37)31(39)33(27)29(24)32(40)41;;/h3-6,13-14,19,27-28,37H,7-12,15-17H2,1-2H3;2*1H/q+1;;/p-1/t19-,27-,28-,34?,35?;;/m1../s1. The number of β-lactam (4-membered cyclic amide) rings is 1. The second-order valence-electron chi connectivity index (χ2n) is 12.9. The monoisotopic (exact) mass is 627 g/mol. The number of carbonyl (C=O) groups is 4. The minimum atomic E-state index is -1.17. The average Bonchev–Trinajstić information content (AvgIpc) is 3.41. The molecule has 5 aliphatic heterocycles. The van der Waals surface area contributed by atoms with Crippen molar-refractivity contribution < 1.29 is 63.2 Å². The van der Waals surface area contributed by atoms with Crippen molar-refractivity contribution in [2.45, 2.75) is 39.0 Å². The number of aliphatic carboxylic acids is 1. The van der Waals surface area contributed by atoms with E-state index in [1.165, 1.54) is 4.90 Å². The van der Waals surface area contributed by atoms with Crippen LogP contribution in [-0.4, -0.2) is 105 Å². The number of carbonyl (C=O) groups excluding carboxylic acids is 3. The highest BCUT2D eigenvalue weighted by atomic mass is 35.5. The van der Waals surface area contributed by atoms with Gasteiger partial charge in [-0.3, -0.25) is 14.4 Å². The fraction of sp³-hybridized carbons (Fsp3) is 0.438. The molecular weight excluding hydrogens is 593 g/mol. The zero-order chi connectivity index (χ0) is 28.8. The van der Waals surface area contributed by atoms with Crippen molar-refractivity contribution in [3.63, 3.8) is 0 Å². The van der Waals surface area contributed by atoms with Crippen molar-refractivity contribution in [1.29, 1.82) is 0 Å². The number of nitrogens with zero attached hydrogens (tertiary/aromatic N) is 3. The van der Waals surface area contributed by atoms with Gasteiger partial charge >= 0.3 is 5.97 Å². The first kappa shape index (κ1) is 31.3. The van der Waals surface area contributed by atoms with Crippen LogP contribution in [0.25, 0.3) is 16.7 Å². The van der Waals surface area contributed by atoms with Gasteiger partial charge in [0.25, 0.3) is 0 Å². The SMILES string of the molecule is CC(=O)C[N+]12CC[N+](Cc3ccc4c(c3)C(=O)c3ccc(C5=C(C(=O)O)N6C(=O)[C@H]([C@@H](C)O)[C@H]6C5)cc3-4)(CC1)CC2.[Cl-].[Cl-]. The molecule has 5 heterocycles. The molecule has 2 aromatic carbocycles. The Balaban J connectivity index is 0.00000184. The van der Waals surface area contributed by atoms with E-state index in [9.17, 15) is 29.4 Å². The number of halogens is 2. The fourth-order valence-electron chi connectivity index (χ4n) is 8.22. The number of quaternary nitrogens is 2. The van der Waals surface area contributed by atoms with E-state index in [0.717, 1.165) is 71.5 Å². The Morgan fingerprint density at radius 2 is 1.53 bits per heavy atom. The molecule has 0 spiro atoms. The van der Waals surface area contributed by atoms with Gasteiger partial charge in [0.1, 0.15) is 58.1 Å². The highest BCUT2D eigenvalue weighted by Gasteiger charge is 2.57. The number of piperazine rings is 3. The lowest BCUT2D eigenvalue weighted by Gasteiger charge is -2.55. The Hall–Kier alpha value is -3.08. The number of Topliss-reactive ketones (excluding diaryl/α,β-unsaturated/α-hetero) is 1. The summed E-state index contributed by atoms with van der Waals surface area (Å²) in [6, 6.07) is 11.2. The zero-order valence-electron chi connectivity index (χ0n) is 24.2. The quantitative estimate of drug-likeness (QED) is 0.204. The van der Waals surface area contributed by atoms with Crippen molar-refractivity contribution >= 4 is 29.0 Å².